The Kier molecular flexibility index (Phi) is 1.98. The maximum absolute atomic E-state index is 10.8. The van der Waals surface area contributed by atoms with E-state index < -0.39 is 5.97 Å². The van der Waals surface area contributed by atoms with Crippen molar-refractivity contribution in [1.82, 2.24) is 9.38 Å². The van der Waals surface area contributed by atoms with Crippen LogP contribution in [0.4, 0.5) is 0 Å². The highest BCUT2D eigenvalue weighted by Gasteiger charge is 2.09. The highest BCUT2D eigenvalue weighted by Crippen LogP contribution is 2.19. The van der Waals surface area contributed by atoms with Crippen molar-refractivity contribution in [2.45, 2.75) is 0 Å². The van der Waals surface area contributed by atoms with Crippen molar-refractivity contribution >= 4 is 11.6 Å². The highest BCUT2D eigenvalue weighted by atomic mass is 16.4. The van der Waals surface area contributed by atoms with Gasteiger partial charge in [0.15, 0.2) is 5.76 Å². The molecule has 0 saturated carbocycles. The molecule has 0 spiro atoms. The van der Waals surface area contributed by atoms with Crippen molar-refractivity contribution in [3.63, 3.8) is 0 Å². The predicted molar refractivity (Wildman–Crippen MR) is 59.9 cm³/mol. The third kappa shape index (κ3) is 1.57. The SMILES string of the molecule is O=C(O)c1ccn2cc(-c3ccco3)nc2c1. The average Bonchev–Trinajstić information content (AvgIpc) is 2.96. The van der Waals surface area contributed by atoms with E-state index in [1.807, 2.05) is 0 Å². The second-order valence-electron chi connectivity index (χ2n) is 3.59. The Labute approximate surface area is 95.9 Å². The third-order valence-electron chi connectivity index (χ3n) is 2.48. The number of fused-ring (bicyclic) bond motifs is 1. The van der Waals surface area contributed by atoms with Crippen LogP contribution in [0.2, 0.25) is 0 Å². The van der Waals surface area contributed by atoms with Crippen LogP contribution in [0.15, 0.2) is 47.3 Å². The first kappa shape index (κ1) is 9.65. The van der Waals surface area contributed by atoms with Crippen molar-refractivity contribution < 1.29 is 14.3 Å². The Morgan fingerprint density at radius 2 is 2.29 bits per heavy atom. The molecular weight excluding hydrogens is 220 g/mol. The summed E-state index contributed by atoms with van der Waals surface area (Å²) >= 11 is 0. The van der Waals surface area contributed by atoms with E-state index in [-0.39, 0.29) is 5.56 Å². The molecule has 0 aromatic carbocycles. The molecule has 3 rings (SSSR count). The molecule has 0 aliphatic rings. The standard InChI is InChI=1S/C12H8N2O3/c15-12(16)8-3-4-14-7-9(13-11(14)6-8)10-2-1-5-17-10/h1-7H,(H,15,16). The van der Waals surface area contributed by atoms with Crippen molar-refractivity contribution in [2.75, 3.05) is 0 Å². The minimum atomic E-state index is -0.963. The number of hydrogen-bond donors (Lipinski definition) is 1. The lowest BCUT2D eigenvalue weighted by molar-refractivity contribution is 0.0697. The number of aromatic carboxylic acids is 1. The van der Waals surface area contributed by atoms with E-state index in [0.717, 1.165) is 0 Å². The fraction of sp³-hybridized carbons (Fsp3) is 0. The Morgan fingerprint density at radius 3 is 3.00 bits per heavy atom. The number of hydrogen-bond acceptors (Lipinski definition) is 3. The van der Waals surface area contributed by atoms with Crippen LogP contribution in [-0.4, -0.2) is 20.5 Å². The van der Waals surface area contributed by atoms with Gasteiger partial charge in [0.2, 0.25) is 0 Å². The summed E-state index contributed by atoms with van der Waals surface area (Å²) in [5.41, 5.74) is 1.47. The number of aromatic nitrogens is 2. The molecule has 3 aromatic heterocycles. The molecular formula is C12H8N2O3. The molecule has 5 heteroatoms. The zero-order valence-electron chi connectivity index (χ0n) is 8.70. The number of rotatable bonds is 2. The quantitative estimate of drug-likeness (QED) is 0.730. The molecule has 1 N–H and O–H groups in total. The number of pyridine rings is 1. The molecule has 0 amide bonds. The number of carbonyl (C=O) groups is 1. The fourth-order valence-corrected chi connectivity index (χ4v) is 1.66. The van der Waals surface area contributed by atoms with Gasteiger partial charge in [-0.2, -0.15) is 0 Å². The first-order valence-corrected chi connectivity index (χ1v) is 5.00. The van der Waals surface area contributed by atoms with E-state index in [9.17, 15) is 4.79 Å². The second-order valence-corrected chi connectivity index (χ2v) is 3.59. The van der Waals surface area contributed by atoms with Gasteiger partial charge in [-0.15, -0.1) is 0 Å². The number of imidazole rings is 1. The molecule has 0 radical (unpaired) electrons. The van der Waals surface area contributed by atoms with Crippen molar-refractivity contribution in [3.8, 4) is 11.5 Å². The Morgan fingerprint density at radius 1 is 1.41 bits per heavy atom. The van der Waals surface area contributed by atoms with Crippen molar-refractivity contribution in [1.29, 1.82) is 0 Å². The normalized spacial score (nSPS) is 10.8. The summed E-state index contributed by atoms with van der Waals surface area (Å²) < 4.78 is 6.99. The summed E-state index contributed by atoms with van der Waals surface area (Å²) in [6.07, 6.45) is 5.03. The van der Waals surface area contributed by atoms with E-state index in [0.29, 0.717) is 17.1 Å². The summed E-state index contributed by atoms with van der Waals surface area (Å²) in [4.78, 5) is 15.1. The summed E-state index contributed by atoms with van der Waals surface area (Å²) in [5.74, 6) is -0.305. The van der Waals surface area contributed by atoms with Crippen LogP contribution in [0.1, 0.15) is 10.4 Å². The van der Waals surface area contributed by atoms with E-state index in [1.54, 1.807) is 35.2 Å². The minimum absolute atomic E-state index is 0.217. The van der Waals surface area contributed by atoms with Gasteiger partial charge in [0, 0.05) is 12.4 Å². The van der Waals surface area contributed by atoms with E-state index >= 15 is 0 Å². The molecule has 0 aliphatic carbocycles. The molecule has 17 heavy (non-hydrogen) atoms. The van der Waals surface area contributed by atoms with Gasteiger partial charge in [-0.3, -0.25) is 0 Å². The molecule has 84 valence electrons. The lowest BCUT2D eigenvalue weighted by Crippen LogP contribution is -1.96. The second kappa shape index (κ2) is 3.48. The van der Waals surface area contributed by atoms with Gasteiger partial charge in [0.05, 0.1) is 11.8 Å². The summed E-state index contributed by atoms with van der Waals surface area (Å²) in [6, 6.07) is 6.64. The molecule has 0 aliphatic heterocycles. The molecule has 0 fully saturated rings. The number of nitrogens with zero attached hydrogens (tertiary/aromatic N) is 2. The fourth-order valence-electron chi connectivity index (χ4n) is 1.66. The van der Waals surface area contributed by atoms with Crippen LogP contribution >= 0.6 is 0 Å². The van der Waals surface area contributed by atoms with Gasteiger partial charge < -0.3 is 13.9 Å². The Balaban J connectivity index is 2.16. The summed E-state index contributed by atoms with van der Waals surface area (Å²) in [6.45, 7) is 0. The van der Waals surface area contributed by atoms with Gasteiger partial charge in [-0.1, -0.05) is 0 Å². The Bertz CT molecular complexity index is 683. The number of carboxylic acid groups (broad SMARTS) is 1. The van der Waals surface area contributed by atoms with Gasteiger partial charge >= 0.3 is 5.97 Å². The van der Waals surface area contributed by atoms with Gasteiger partial charge in [0.1, 0.15) is 11.3 Å². The topological polar surface area (TPSA) is 67.7 Å². The van der Waals surface area contributed by atoms with Gasteiger partial charge in [0.25, 0.3) is 0 Å². The van der Waals surface area contributed by atoms with E-state index in [4.69, 9.17) is 9.52 Å². The lowest BCUT2D eigenvalue weighted by Gasteiger charge is -1.94. The van der Waals surface area contributed by atoms with Crippen LogP contribution in [0.3, 0.4) is 0 Å². The zero-order valence-corrected chi connectivity index (χ0v) is 8.70. The van der Waals surface area contributed by atoms with E-state index in [1.165, 1.54) is 12.1 Å². The molecule has 0 unspecified atom stereocenters. The third-order valence-corrected chi connectivity index (χ3v) is 2.48. The smallest absolute Gasteiger partial charge is 0.335 e. The van der Waals surface area contributed by atoms with Gasteiger partial charge in [-0.25, -0.2) is 9.78 Å². The first-order valence-electron chi connectivity index (χ1n) is 5.00. The average molecular weight is 228 g/mol. The lowest BCUT2D eigenvalue weighted by atomic mass is 10.3. The van der Waals surface area contributed by atoms with Gasteiger partial charge in [-0.05, 0) is 24.3 Å². The van der Waals surface area contributed by atoms with Crippen molar-refractivity contribution in [3.05, 3.63) is 48.5 Å². The zero-order chi connectivity index (χ0) is 11.8. The molecule has 3 heterocycles. The largest absolute Gasteiger partial charge is 0.478 e. The van der Waals surface area contributed by atoms with E-state index in [2.05, 4.69) is 4.98 Å². The van der Waals surface area contributed by atoms with Crippen LogP contribution in [0.25, 0.3) is 17.1 Å². The van der Waals surface area contributed by atoms with Crippen molar-refractivity contribution in [2.24, 2.45) is 0 Å². The Hall–Kier alpha value is -2.56. The molecule has 5 nitrogen and oxygen atoms in total. The monoisotopic (exact) mass is 228 g/mol. The number of carboxylic acids is 1. The van der Waals surface area contributed by atoms with Crippen LogP contribution < -0.4 is 0 Å². The highest BCUT2D eigenvalue weighted by molar-refractivity contribution is 5.88. The number of furan rings is 1. The maximum atomic E-state index is 10.8. The maximum Gasteiger partial charge on any atom is 0.335 e. The molecule has 0 atom stereocenters. The summed E-state index contributed by atoms with van der Waals surface area (Å²) in [5, 5.41) is 8.88. The van der Waals surface area contributed by atoms with Crippen LogP contribution in [0, 0.1) is 0 Å². The molecule has 3 aromatic rings. The first-order chi connectivity index (χ1) is 8.24. The van der Waals surface area contributed by atoms with Crippen LogP contribution in [-0.2, 0) is 0 Å². The molecule has 0 saturated heterocycles. The predicted octanol–water partition coefficient (Wildman–Crippen LogP) is 2.29. The minimum Gasteiger partial charge on any atom is -0.478 e. The van der Waals surface area contributed by atoms with Crippen LogP contribution in [0.5, 0.6) is 0 Å². The summed E-state index contributed by atoms with van der Waals surface area (Å²) in [7, 11) is 0. The molecule has 0 bridgehead atoms.